The molecule has 69 heavy (non-hydrogen) atoms. The highest BCUT2D eigenvalue weighted by molar-refractivity contribution is 5.87. The van der Waals surface area contributed by atoms with Gasteiger partial charge in [0.1, 0.15) is 12.6 Å². The quantitative estimate of drug-likeness (QED) is 0.0275. The fourth-order valence-corrected chi connectivity index (χ4v) is 8.13. The summed E-state index contributed by atoms with van der Waals surface area (Å²) in [5.74, 6) is -0.588. The molecule has 0 spiro atoms. The zero-order chi connectivity index (χ0) is 50.7. The van der Waals surface area contributed by atoms with Crippen LogP contribution in [0, 0.1) is 0 Å². The summed E-state index contributed by atoms with van der Waals surface area (Å²) in [4.78, 5) is 57.4. The molecule has 0 saturated heterocycles. The van der Waals surface area contributed by atoms with Gasteiger partial charge in [-0.2, -0.15) is 0 Å². The van der Waals surface area contributed by atoms with E-state index >= 15 is 0 Å². The largest absolute Gasteiger partial charge is 0.466 e. The molecule has 2 amide bonds. The van der Waals surface area contributed by atoms with Crippen molar-refractivity contribution < 1.29 is 38.1 Å². The minimum Gasteiger partial charge on any atom is -0.466 e. The molecule has 11 heteroatoms. The van der Waals surface area contributed by atoms with Crippen molar-refractivity contribution in [1.82, 2.24) is 15.1 Å². The number of hydrogen-bond acceptors (Lipinski definition) is 9. The molecule has 0 aromatic rings. The average molecular weight is 975 g/mol. The van der Waals surface area contributed by atoms with E-state index in [1.165, 1.54) is 44.9 Å². The van der Waals surface area contributed by atoms with Crippen LogP contribution in [0.25, 0.3) is 0 Å². The Morgan fingerprint density at radius 2 is 1.01 bits per heavy atom. The van der Waals surface area contributed by atoms with E-state index in [0.717, 1.165) is 129 Å². The zero-order valence-corrected chi connectivity index (χ0v) is 45.6. The molecule has 0 aliphatic heterocycles. The lowest BCUT2D eigenvalue weighted by molar-refractivity contribution is -0.159. The zero-order valence-electron chi connectivity index (χ0n) is 45.6. The van der Waals surface area contributed by atoms with E-state index in [2.05, 4.69) is 82.1 Å². The number of nitrogens with zero attached hydrogens (tertiary/aromatic N) is 2. The van der Waals surface area contributed by atoms with Crippen molar-refractivity contribution in [2.75, 3.05) is 59.2 Å². The van der Waals surface area contributed by atoms with E-state index in [1.807, 2.05) is 6.08 Å². The van der Waals surface area contributed by atoms with E-state index in [0.29, 0.717) is 71.6 Å². The molecule has 0 aliphatic carbocycles. The second-order valence-corrected chi connectivity index (χ2v) is 18.6. The minimum atomic E-state index is -0.592. The Morgan fingerprint density at radius 3 is 1.62 bits per heavy atom. The smallest absolute Gasteiger partial charge is 0.306 e. The minimum absolute atomic E-state index is 0.0396. The van der Waals surface area contributed by atoms with Crippen LogP contribution in [-0.2, 0) is 38.1 Å². The van der Waals surface area contributed by atoms with Crippen LogP contribution in [0.5, 0.6) is 0 Å². The molecule has 11 nitrogen and oxygen atoms in total. The van der Waals surface area contributed by atoms with Crippen molar-refractivity contribution in [3.05, 3.63) is 36.5 Å². The molecular weight excluding hydrogens is 867 g/mol. The summed E-state index contributed by atoms with van der Waals surface area (Å²) in [7, 11) is 0. The second kappa shape index (κ2) is 51.3. The summed E-state index contributed by atoms with van der Waals surface area (Å²) in [6.07, 6.45) is 41.2. The van der Waals surface area contributed by atoms with Gasteiger partial charge >= 0.3 is 11.9 Å². The topological polar surface area (TPSA) is 124 Å². The van der Waals surface area contributed by atoms with E-state index in [-0.39, 0.29) is 36.8 Å². The molecule has 0 fully saturated rings. The molecule has 0 aromatic heterocycles. The molecule has 0 aromatic carbocycles. The van der Waals surface area contributed by atoms with Crippen LogP contribution in [0.4, 0.5) is 0 Å². The number of hydrogen-bond donors (Lipinski definition) is 1. The standard InChI is InChI=1S/C58H107N3O8/c1-7-13-17-21-27-33-37-49-66-55(63)42-35-29-26-25-28-34-41-53(58(65)59-46-36-30-22-18-14-8-2)61(54(62)45-48-60(11-5)12-6)47-40-52-67-56(64)43-44-57(68-50-38-31-23-19-15-9-3)69-51-39-32-24-20-16-10-4/h15-16,19-20,33,37,53,57H,7-14,17-18,21-32,34-36,38-52H2,1-6H3,(H,59,65)/b19-15-,20-16-,37-33-. The SMILES string of the molecule is CC/C=C\CCCCOC(CCC(=O)OCCCN(C(=O)CCN(CC)CC)C(CCCCCCCCC(=O)OC/C=C\CCCCCC)C(=O)NCCCCCCCC)OCCCC/C=C\CC. The number of carbonyl (C=O) groups excluding carboxylic acids is 4. The average Bonchev–Trinajstić information content (AvgIpc) is 3.35. The highest BCUT2D eigenvalue weighted by atomic mass is 16.7. The van der Waals surface area contributed by atoms with Gasteiger partial charge in [0, 0.05) is 52.1 Å². The third-order valence-electron chi connectivity index (χ3n) is 12.5. The van der Waals surface area contributed by atoms with Gasteiger partial charge in [-0.05, 0) is 103 Å². The van der Waals surface area contributed by atoms with Gasteiger partial charge in [0.15, 0.2) is 6.29 Å². The summed E-state index contributed by atoms with van der Waals surface area (Å²) in [6, 6.07) is -0.592. The number of rotatable bonds is 51. The van der Waals surface area contributed by atoms with E-state index in [9.17, 15) is 19.2 Å². The van der Waals surface area contributed by atoms with Crippen molar-refractivity contribution >= 4 is 23.8 Å². The van der Waals surface area contributed by atoms with Crippen LogP contribution in [0.1, 0.15) is 241 Å². The number of esters is 2. The van der Waals surface area contributed by atoms with Gasteiger partial charge in [0.25, 0.3) is 0 Å². The first-order chi connectivity index (χ1) is 33.8. The molecule has 1 atom stereocenters. The number of unbranched alkanes of at least 4 members (excludes halogenated alkanes) is 18. The molecule has 0 saturated carbocycles. The van der Waals surface area contributed by atoms with E-state index in [4.69, 9.17) is 18.9 Å². The molecule has 0 bridgehead atoms. The summed E-state index contributed by atoms with van der Waals surface area (Å²) < 4.78 is 23.4. The first-order valence-electron chi connectivity index (χ1n) is 28.6. The Labute approximate surface area is 424 Å². The number of carbonyl (C=O) groups is 4. The highest BCUT2D eigenvalue weighted by Gasteiger charge is 2.29. The van der Waals surface area contributed by atoms with Gasteiger partial charge < -0.3 is 34.1 Å². The van der Waals surface area contributed by atoms with Crippen LogP contribution in [0.15, 0.2) is 36.5 Å². The third-order valence-corrected chi connectivity index (χ3v) is 12.5. The summed E-state index contributed by atoms with van der Waals surface area (Å²) in [5, 5.41) is 3.20. The van der Waals surface area contributed by atoms with Crippen molar-refractivity contribution in [2.45, 2.75) is 253 Å². The van der Waals surface area contributed by atoms with Gasteiger partial charge in [0.05, 0.1) is 13.0 Å². The third kappa shape index (κ3) is 42.4. The summed E-state index contributed by atoms with van der Waals surface area (Å²) in [5.41, 5.74) is 0. The monoisotopic (exact) mass is 974 g/mol. The van der Waals surface area contributed by atoms with Gasteiger partial charge in [-0.3, -0.25) is 19.2 Å². The van der Waals surface area contributed by atoms with Crippen molar-refractivity contribution in [3.8, 4) is 0 Å². The maximum atomic E-state index is 14.1. The number of allylic oxidation sites excluding steroid dienone is 5. The summed E-state index contributed by atoms with van der Waals surface area (Å²) in [6.45, 7) is 17.8. The highest BCUT2D eigenvalue weighted by Crippen LogP contribution is 2.17. The lowest BCUT2D eigenvalue weighted by Gasteiger charge is -2.32. The van der Waals surface area contributed by atoms with Crippen LogP contribution < -0.4 is 5.32 Å². The molecule has 0 rings (SSSR count). The van der Waals surface area contributed by atoms with Gasteiger partial charge in [0.2, 0.25) is 11.8 Å². The summed E-state index contributed by atoms with van der Waals surface area (Å²) >= 11 is 0. The van der Waals surface area contributed by atoms with Gasteiger partial charge in [-0.15, -0.1) is 0 Å². The Kier molecular flexibility index (Phi) is 49.1. The normalized spacial score (nSPS) is 12.3. The maximum absolute atomic E-state index is 14.1. The van der Waals surface area contributed by atoms with Crippen LogP contribution >= 0.6 is 0 Å². The fraction of sp³-hybridized carbons (Fsp3) is 0.828. The number of amides is 2. The molecule has 0 radical (unpaired) electrons. The maximum Gasteiger partial charge on any atom is 0.306 e. The molecule has 0 aliphatic rings. The van der Waals surface area contributed by atoms with Crippen LogP contribution in [0.3, 0.4) is 0 Å². The van der Waals surface area contributed by atoms with E-state index < -0.39 is 12.3 Å². The molecular formula is C58H107N3O8. The molecule has 0 heterocycles. The first-order valence-corrected chi connectivity index (χ1v) is 28.6. The number of nitrogens with one attached hydrogen (secondary N) is 1. The van der Waals surface area contributed by atoms with E-state index in [1.54, 1.807) is 4.90 Å². The van der Waals surface area contributed by atoms with Gasteiger partial charge in [-0.1, -0.05) is 161 Å². The lowest BCUT2D eigenvalue weighted by Crippen LogP contribution is -2.51. The molecule has 1 N–H and O–H groups in total. The molecule has 1 unspecified atom stereocenters. The van der Waals surface area contributed by atoms with Crippen LogP contribution in [-0.4, -0.2) is 105 Å². The van der Waals surface area contributed by atoms with Crippen LogP contribution in [0.2, 0.25) is 0 Å². The van der Waals surface area contributed by atoms with Crippen molar-refractivity contribution in [1.29, 1.82) is 0 Å². The predicted octanol–water partition coefficient (Wildman–Crippen LogP) is 13.9. The van der Waals surface area contributed by atoms with Crippen molar-refractivity contribution in [2.24, 2.45) is 0 Å². The first kappa shape index (κ1) is 66.0. The Bertz CT molecular complexity index is 1260. The Morgan fingerprint density at radius 1 is 0.478 bits per heavy atom. The fourth-order valence-electron chi connectivity index (χ4n) is 8.13. The molecule has 402 valence electrons. The Balaban J connectivity index is 5.47. The number of ether oxygens (including phenoxy) is 4. The predicted molar refractivity (Wildman–Crippen MR) is 287 cm³/mol. The second-order valence-electron chi connectivity index (χ2n) is 18.6. The Hall–Kier alpha value is -3.02. The van der Waals surface area contributed by atoms with Crippen molar-refractivity contribution in [3.63, 3.8) is 0 Å². The lowest BCUT2D eigenvalue weighted by atomic mass is 10.0. The van der Waals surface area contributed by atoms with Gasteiger partial charge in [-0.25, -0.2) is 0 Å².